The summed E-state index contributed by atoms with van der Waals surface area (Å²) >= 11 is 0. The van der Waals surface area contributed by atoms with Crippen LogP contribution in [0.15, 0.2) is 71.3 Å². The number of carbonyl (C=O) groups is 2. The summed E-state index contributed by atoms with van der Waals surface area (Å²) in [6.07, 6.45) is 1.63. The summed E-state index contributed by atoms with van der Waals surface area (Å²) in [5.41, 5.74) is 4.67. The Bertz CT molecular complexity index is 1070. The predicted molar refractivity (Wildman–Crippen MR) is 120 cm³/mol. The van der Waals surface area contributed by atoms with E-state index in [2.05, 4.69) is 18.7 Å². The molecule has 0 bridgehead atoms. The molecule has 2 amide bonds. The number of benzene rings is 2. The first-order valence-electron chi connectivity index (χ1n) is 10.7. The highest BCUT2D eigenvalue weighted by Gasteiger charge is 2.33. The van der Waals surface area contributed by atoms with Crippen LogP contribution < -0.4 is 5.48 Å². The van der Waals surface area contributed by atoms with E-state index in [0.29, 0.717) is 11.1 Å². The average molecular weight is 434 g/mol. The Labute approximate surface area is 187 Å². The molecule has 0 saturated carbocycles. The van der Waals surface area contributed by atoms with Crippen molar-refractivity contribution in [3.8, 4) is 11.3 Å². The SMILES string of the molecule is C[C@@H]1CN(Cc2ccc(C(=O)NO)cc2)C[C@H](C)N1C(=O)c1cccc(-c2ccco2)c1. The zero-order valence-electron chi connectivity index (χ0n) is 18.2. The minimum atomic E-state index is -0.526. The van der Waals surface area contributed by atoms with Crippen molar-refractivity contribution in [2.75, 3.05) is 13.1 Å². The number of furan rings is 1. The third-order valence-corrected chi connectivity index (χ3v) is 5.87. The Morgan fingerprint density at radius 3 is 2.34 bits per heavy atom. The number of rotatable bonds is 5. The molecule has 7 nitrogen and oxygen atoms in total. The van der Waals surface area contributed by atoms with Gasteiger partial charge in [0.05, 0.1) is 6.26 Å². The molecule has 32 heavy (non-hydrogen) atoms. The molecule has 1 fully saturated rings. The summed E-state index contributed by atoms with van der Waals surface area (Å²) in [6, 6.07) is 18.6. The van der Waals surface area contributed by atoms with Crippen LogP contribution in [-0.2, 0) is 6.54 Å². The van der Waals surface area contributed by atoms with Crippen molar-refractivity contribution in [1.82, 2.24) is 15.3 Å². The maximum Gasteiger partial charge on any atom is 0.274 e. The highest BCUT2D eigenvalue weighted by Crippen LogP contribution is 2.24. The molecule has 7 heteroatoms. The second-order valence-electron chi connectivity index (χ2n) is 8.30. The average Bonchev–Trinajstić information content (AvgIpc) is 3.34. The molecule has 1 aromatic heterocycles. The van der Waals surface area contributed by atoms with Crippen molar-refractivity contribution in [2.45, 2.75) is 32.5 Å². The number of carbonyl (C=O) groups excluding carboxylic acids is 2. The van der Waals surface area contributed by atoms with Gasteiger partial charge in [0.2, 0.25) is 0 Å². The number of nitrogens with zero attached hydrogens (tertiary/aromatic N) is 2. The lowest BCUT2D eigenvalue weighted by Crippen LogP contribution is -2.58. The summed E-state index contributed by atoms with van der Waals surface area (Å²) in [6.45, 7) is 6.39. The topological polar surface area (TPSA) is 86.0 Å². The second-order valence-corrected chi connectivity index (χ2v) is 8.30. The third kappa shape index (κ3) is 4.59. The Morgan fingerprint density at radius 2 is 1.72 bits per heavy atom. The molecular weight excluding hydrogens is 406 g/mol. The van der Waals surface area contributed by atoms with Gasteiger partial charge in [0.1, 0.15) is 5.76 Å². The molecule has 3 aromatic rings. The van der Waals surface area contributed by atoms with E-state index in [1.165, 1.54) is 0 Å². The maximum atomic E-state index is 13.4. The smallest absolute Gasteiger partial charge is 0.274 e. The molecule has 0 spiro atoms. The largest absolute Gasteiger partial charge is 0.464 e. The first kappa shape index (κ1) is 21.8. The number of piperazine rings is 1. The molecule has 2 heterocycles. The standard InChI is InChI=1S/C25H27N3O4/c1-17-14-27(16-19-8-10-20(11-9-19)24(29)26-31)15-18(2)28(17)25(30)22-6-3-5-21(13-22)23-7-4-12-32-23/h3-13,17-18,31H,14-16H2,1-2H3,(H,26,29)/t17-,18+. The number of hydrogen-bond acceptors (Lipinski definition) is 5. The minimum Gasteiger partial charge on any atom is -0.464 e. The first-order valence-corrected chi connectivity index (χ1v) is 10.7. The molecule has 2 aromatic carbocycles. The monoisotopic (exact) mass is 433 g/mol. The van der Waals surface area contributed by atoms with E-state index in [9.17, 15) is 9.59 Å². The predicted octanol–water partition coefficient (Wildman–Crippen LogP) is 3.80. The van der Waals surface area contributed by atoms with Gasteiger partial charge in [0.25, 0.3) is 11.8 Å². The molecule has 2 N–H and O–H groups in total. The van der Waals surface area contributed by atoms with Crippen molar-refractivity contribution < 1.29 is 19.2 Å². The second kappa shape index (κ2) is 9.38. The lowest BCUT2D eigenvalue weighted by atomic mass is 10.0. The molecule has 2 atom stereocenters. The highest BCUT2D eigenvalue weighted by atomic mass is 16.5. The Hall–Kier alpha value is -3.42. The van der Waals surface area contributed by atoms with Gasteiger partial charge in [-0.15, -0.1) is 0 Å². The van der Waals surface area contributed by atoms with Gasteiger partial charge in [-0.2, -0.15) is 0 Å². The molecule has 166 valence electrons. The Morgan fingerprint density at radius 1 is 1.00 bits per heavy atom. The van der Waals surface area contributed by atoms with Crippen LogP contribution in [0.25, 0.3) is 11.3 Å². The molecule has 4 rings (SSSR count). The highest BCUT2D eigenvalue weighted by molar-refractivity contribution is 5.96. The summed E-state index contributed by atoms with van der Waals surface area (Å²) in [5, 5.41) is 8.75. The molecule has 0 unspecified atom stereocenters. The number of amides is 2. The van der Waals surface area contributed by atoms with Crippen LogP contribution in [0.2, 0.25) is 0 Å². The molecule has 0 radical (unpaired) electrons. The van der Waals surface area contributed by atoms with Gasteiger partial charge in [-0.05, 0) is 55.8 Å². The van der Waals surface area contributed by atoms with Crippen LogP contribution in [0.4, 0.5) is 0 Å². The van der Waals surface area contributed by atoms with Crippen LogP contribution >= 0.6 is 0 Å². The summed E-state index contributed by atoms with van der Waals surface area (Å²) in [7, 11) is 0. The van der Waals surface area contributed by atoms with Gasteiger partial charge >= 0.3 is 0 Å². The van der Waals surface area contributed by atoms with Crippen LogP contribution in [0.1, 0.15) is 40.1 Å². The lowest BCUT2D eigenvalue weighted by molar-refractivity contribution is 0.0268. The van der Waals surface area contributed by atoms with Crippen molar-refractivity contribution in [3.05, 3.63) is 83.6 Å². The normalized spacial score (nSPS) is 19.0. The number of hydrogen-bond donors (Lipinski definition) is 2. The van der Waals surface area contributed by atoms with Crippen LogP contribution in [0, 0.1) is 0 Å². The van der Waals surface area contributed by atoms with Gasteiger partial charge in [-0.25, -0.2) is 5.48 Å². The van der Waals surface area contributed by atoms with Gasteiger partial charge in [0, 0.05) is 48.4 Å². The zero-order valence-corrected chi connectivity index (χ0v) is 18.2. The van der Waals surface area contributed by atoms with E-state index >= 15 is 0 Å². The van der Waals surface area contributed by atoms with E-state index in [4.69, 9.17) is 9.62 Å². The Balaban J connectivity index is 1.43. The van der Waals surface area contributed by atoms with E-state index in [0.717, 1.165) is 36.5 Å². The minimum absolute atomic E-state index is 0.0254. The maximum absolute atomic E-state index is 13.4. The fourth-order valence-corrected chi connectivity index (χ4v) is 4.44. The van der Waals surface area contributed by atoms with E-state index < -0.39 is 5.91 Å². The fourth-order valence-electron chi connectivity index (χ4n) is 4.44. The lowest BCUT2D eigenvalue weighted by Gasteiger charge is -2.44. The summed E-state index contributed by atoms with van der Waals surface area (Å²) in [5.74, 6) is 0.243. The van der Waals surface area contributed by atoms with Gasteiger partial charge < -0.3 is 9.32 Å². The molecule has 0 aliphatic carbocycles. The van der Waals surface area contributed by atoms with Crippen molar-refractivity contribution in [1.29, 1.82) is 0 Å². The van der Waals surface area contributed by atoms with E-state index in [1.54, 1.807) is 23.9 Å². The van der Waals surface area contributed by atoms with Gasteiger partial charge in [-0.1, -0.05) is 24.3 Å². The molecule has 1 aliphatic heterocycles. The van der Waals surface area contributed by atoms with Crippen molar-refractivity contribution in [3.63, 3.8) is 0 Å². The summed E-state index contributed by atoms with van der Waals surface area (Å²) < 4.78 is 5.47. The zero-order chi connectivity index (χ0) is 22.7. The number of nitrogens with one attached hydrogen (secondary N) is 1. The third-order valence-electron chi connectivity index (χ3n) is 5.87. The van der Waals surface area contributed by atoms with Crippen LogP contribution in [0.5, 0.6) is 0 Å². The number of hydroxylamine groups is 1. The van der Waals surface area contributed by atoms with Gasteiger partial charge in [0.15, 0.2) is 0 Å². The van der Waals surface area contributed by atoms with Crippen molar-refractivity contribution >= 4 is 11.8 Å². The Kier molecular flexibility index (Phi) is 6.39. The van der Waals surface area contributed by atoms with Crippen LogP contribution in [0.3, 0.4) is 0 Å². The summed E-state index contributed by atoms with van der Waals surface area (Å²) in [4.78, 5) is 29.1. The van der Waals surface area contributed by atoms with Crippen LogP contribution in [-0.4, -0.2) is 52.0 Å². The molecule has 1 saturated heterocycles. The molecule has 1 aliphatic rings. The van der Waals surface area contributed by atoms with E-state index in [-0.39, 0.29) is 18.0 Å². The molecular formula is C25H27N3O4. The van der Waals surface area contributed by atoms with E-state index in [1.807, 2.05) is 53.4 Å². The fraction of sp³-hybridized carbons (Fsp3) is 0.280. The quantitative estimate of drug-likeness (QED) is 0.472. The first-order chi connectivity index (χ1) is 15.5. The van der Waals surface area contributed by atoms with Crippen molar-refractivity contribution in [2.24, 2.45) is 0 Å². The van der Waals surface area contributed by atoms with Gasteiger partial charge in [-0.3, -0.25) is 19.7 Å².